The Morgan fingerprint density at radius 2 is 0.642 bits per heavy atom. The molecule has 11 aromatic carbocycles. The molecule has 0 aliphatic rings. The molecule has 0 N–H and O–H groups in total. The molecule has 0 bridgehead atoms. The van der Waals surface area contributed by atoms with Gasteiger partial charge >= 0.3 is 0 Å². The van der Waals surface area contributed by atoms with Gasteiger partial charge in [0.1, 0.15) is 33.5 Å². The molecule has 6 aromatic heterocycles. The van der Waals surface area contributed by atoms with E-state index in [-0.39, 0.29) is 5.54 Å². The highest BCUT2D eigenvalue weighted by atomic mass is 16.4. The zero-order valence-corrected chi connectivity index (χ0v) is 64.6. The number of para-hydroxylation sites is 8. The first-order chi connectivity index (χ1) is 50.9. The van der Waals surface area contributed by atoms with Gasteiger partial charge in [0.25, 0.3) is 17.5 Å². The number of hydrogen-bond acceptors (Lipinski definition) is 6. The van der Waals surface area contributed by atoms with Crippen LogP contribution in [0.25, 0.3) is 146 Å². The van der Waals surface area contributed by atoms with E-state index in [1.54, 1.807) is 0 Å². The van der Waals surface area contributed by atoms with E-state index in [0.29, 0.717) is 29.5 Å². The summed E-state index contributed by atoms with van der Waals surface area (Å²) in [5.74, 6) is 6.22. The quantitative estimate of drug-likeness (QED) is 0.126. The Labute approximate surface area is 621 Å². The fraction of sp³-hybridized carbons (Fsp3) is 0.234. The molecule has 0 radical (unpaired) electrons. The molecule has 106 heavy (non-hydrogen) atoms. The topological polar surface area (TPSA) is 105 Å². The number of nitrogens with zero attached hydrogens (tertiary/aromatic N) is 9. The van der Waals surface area contributed by atoms with Crippen molar-refractivity contribution >= 4 is 66.4 Å². The van der Waals surface area contributed by atoms with Gasteiger partial charge in [-0.2, -0.15) is 9.13 Å². The van der Waals surface area contributed by atoms with Crippen molar-refractivity contribution in [2.75, 3.05) is 0 Å². The second-order valence-electron chi connectivity index (χ2n) is 30.5. The second kappa shape index (κ2) is 27.4. The van der Waals surface area contributed by atoms with Gasteiger partial charge in [-0.1, -0.05) is 155 Å². The van der Waals surface area contributed by atoms with E-state index in [2.05, 4.69) is 372 Å². The number of imidazole rings is 3. The molecule has 12 nitrogen and oxygen atoms in total. The van der Waals surface area contributed by atoms with Gasteiger partial charge in [-0.05, 0) is 230 Å². The van der Waals surface area contributed by atoms with Crippen molar-refractivity contribution in [2.45, 2.75) is 128 Å². The highest BCUT2D eigenvalue weighted by Crippen LogP contribution is 2.42. The monoisotopic (exact) mass is 1400 g/mol. The molecular formula is C94H94N9O3+3. The molecule has 0 atom stereocenters. The molecule has 17 aromatic rings. The number of fused-ring (bicyclic) bond motifs is 6. The van der Waals surface area contributed by atoms with Crippen LogP contribution >= 0.6 is 0 Å². The molecular weight excluding hydrogens is 1300 g/mol. The van der Waals surface area contributed by atoms with Gasteiger partial charge in [-0.3, -0.25) is 0 Å². The summed E-state index contributed by atoms with van der Waals surface area (Å²) in [5, 5.41) is 0. The van der Waals surface area contributed by atoms with Crippen molar-refractivity contribution in [1.82, 2.24) is 28.7 Å². The van der Waals surface area contributed by atoms with Crippen LogP contribution in [-0.4, -0.2) is 28.7 Å². The summed E-state index contributed by atoms with van der Waals surface area (Å²) in [6.07, 6.45) is 0. The molecule has 12 heteroatoms. The van der Waals surface area contributed by atoms with Gasteiger partial charge in [-0.25, -0.2) is 33.2 Å². The third kappa shape index (κ3) is 12.2. The minimum atomic E-state index is -0.0809. The summed E-state index contributed by atoms with van der Waals surface area (Å²) >= 11 is 0. The number of hydrogen-bond donors (Lipinski definition) is 0. The minimum absolute atomic E-state index is 0.0809. The van der Waals surface area contributed by atoms with Gasteiger partial charge in [0.2, 0.25) is 17.7 Å². The van der Waals surface area contributed by atoms with Crippen molar-refractivity contribution in [3.63, 3.8) is 0 Å². The lowest BCUT2D eigenvalue weighted by Crippen LogP contribution is -2.33. The van der Waals surface area contributed by atoms with Crippen LogP contribution in [0.2, 0.25) is 0 Å². The predicted octanol–water partition coefficient (Wildman–Crippen LogP) is 22.6. The summed E-state index contributed by atoms with van der Waals surface area (Å²) in [6.45, 7) is 35.1. The van der Waals surface area contributed by atoms with Gasteiger partial charge in [0.15, 0.2) is 49.8 Å². The lowest BCUT2D eigenvalue weighted by molar-refractivity contribution is -0.634. The van der Waals surface area contributed by atoms with Crippen LogP contribution in [0.4, 0.5) is 0 Å². The predicted molar refractivity (Wildman–Crippen MR) is 433 cm³/mol. The van der Waals surface area contributed by atoms with E-state index in [9.17, 15) is 0 Å². The maximum atomic E-state index is 6.49. The molecule has 6 heterocycles. The fourth-order valence-electron chi connectivity index (χ4n) is 16.1. The first kappa shape index (κ1) is 69.9. The standard InChI is InChI=1S/C36H38N3O.C30H26N3O.C28H30N3O/c1-21(2)26-15-12-16-27(22(3)4)34(26)39-31-18-10-9-17-30(31)38(8)36(39)28-20-32-29(19-25(28)7)37-35(40-32)33-23(5)13-11-14-24(33)6;1-19-11-10-12-20(2)28(19)29-31-24-17-21(3)23(18-27(24)34-29)30-32(4)25-15-8-9-16-26(25)33(30)22-13-6-5-7-14-22;1-17-11-10-12-18(2)25(17)26-29-21-15-19(3)20(16-24(21)32-26)27-30(7)22-13-8-9-14-23(22)31(27)28(4,5)6/h9-22H,1-8H3;5-18H,1-4H3;8-16H,1-7H3/q3*+1. The number of oxazole rings is 3. The Hall–Kier alpha value is -11.8. The Morgan fingerprint density at radius 3 is 1.02 bits per heavy atom. The molecule has 0 unspecified atom stereocenters. The molecule has 530 valence electrons. The second-order valence-corrected chi connectivity index (χ2v) is 30.5. The lowest BCUT2D eigenvalue weighted by Gasteiger charge is -2.18. The Balaban J connectivity index is 0.000000128. The Morgan fingerprint density at radius 1 is 0.330 bits per heavy atom. The van der Waals surface area contributed by atoms with Crippen LogP contribution < -0.4 is 13.7 Å². The molecule has 0 aliphatic heterocycles. The van der Waals surface area contributed by atoms with Crippen molar-refractivity contribution < 1.29 is 27.0 Å². The number of benzene rings is 11. The normalized spacial score (nSPS) is 11.9. The van der Waals surface area contributed by atoms with Crippen molar-refractivity contribution in [3.8, 4) is 79.9 Å². The highest BCUT2D eigenvalue weighted by molar-refractivity contribution is 5.90. The Bertz CT molecular complexity index is 6210. The molecule has 0 saturated carbocycles. The highest BCUT2D eigenvalue weighted by Gasteiger charge is 2.36. The van der Waals surface area contributed by atoms with Crippen LogP contribution in [0.1, 0.15) is 121 Å². The summed E-state index contributed by atoms with van der Waals surface area (Å²) in [5.41, 5.74) is 34.5. The lowest BCUT2D eigenvalue weighted by atomic mass is 9.92. The van der Waals surface area contributed by atoms with Crippen LogP contribution in [0.5, 0.6) is 0 Å². The summed E-state index contributed by atoms with van der Waals surface area (Å²) in [6, 6.07) is 74.9. The average Bonchev–Trinajstić information content (AvgIpc) is 1.47. The smallest absolute Gasteiger partial charge is 0.295 e. The number of aromatic nitrogens is 9. The molecule has 17 rings (SSSR count). The maximum Gasteiger partial charge on any atom is 0.295 e. The zero-order chi connectivity index (χ0) is 74.5. The molecule has 0 aliphatic carbocycles. The first-order valence-electron chi connectivity index (χ1n) is 37.0. The third-order valence-electron chi connectivity index (χ3n) is 21.3. The average molecular weight is 1400 g/mol. The number of rotatable bonds is 10. The van der Waals surface area contributed by atoms with Crippen LogP contribution in [0, 0.1) is 62.3 Å². The van der Waals surface area contributed by atoms with E-state index in [4.69, 9.17) is 28.2 Å². The molecule has 0 amide bonds. The summed E-state index contributed by atoms with van der Waals surface area (Å²) < 4.78 is 33.3. The van der Waals surface area contributed by atoms with Crippen molar-refractivity contribution in [1.29, 1.82) is 0 Å². The molecule has 0 spiro atoms. The van der Waals surface area contributed by atoms with Gasteiger partial charge in [-0.15, -0.1) is 0 Å². The summed E-state index contributed by atoms with van der Waals surface area (Å²) in [4.78, 5) is 14.7. The van der Waals surface area contributed by atoms with Gasteiger partial charge < -0.3 is 13.3 Å². The largest absolute Gasteiger partial charge is 0.436 e. The van der Waals surface area contributed by atoms with Crippen LogP contribution in [-0.2, 0) is 26.7 Å². The maximum absolute atomic E-state index is 6.49. The van der Waals surface area contributed by atoms with E-state index in [1.165, 1.54) is 100 Å². The van der Waals surface area contributed by atoms with E-state index >= 15 is 0 Å². The van der Waals surface area contributed by atoms with Gasteiger partial charge in [0, 0.05) is 27.8 Å². The third-order valence-corrected chi connectivity index (χ3v) is 21.3. The summed E-state index contributed by atoms with van der Waals surface area (Å²) in [7, 11) is 6.45. The number of aryl methyl sites for hydroxylation is 12. The van der Waals surface area contributed by atoms with E-state index < -0.39 is 0 Å². The van der Waals surface area contributed by atoms with E-state index in [0.717, 1.165) is 89.6 Å². The molecule has 0 saturated heterocycles. The van der Waals surface area contributed by atoms with Crippen LogP contribution in [0.15, 0.2) is 226 Å². The van der Waals surface area contributed by atoms with Crippen molar-refractivity contribution in [2.24, 2.45) is 21.1 Å². The van der Waals surface area contributed by atoms with Crippen molar-refractivity contribution in [3.05, 3.63) is 274 Å². The van der Waals surface area contributed by atoms with E-state index in [1.807, 2.05) is 0 Å². The Kier molecular flexibility index (Phi) is 18.1. The van der Waals surface area contributed by atoms with Crippen LogP contribution in [0.3, 0.4) is 0 Å². The fourth-order valence-corrected chi connectivity index (χ4v) is 16.1. The zero-order valence-electron chi connectivity index (χ0n) is 64.6. The first-order valence-corrected chi connectivity index (χ1v) is 37.0. The minimum Gasteiger partial charge on any atom is -0.436 e. The van der Waals surface area contributed by atoms with Gasteiger partial charge in [0.05, 0.1) is 37.8 Å². The molecule has 0 fully saturated rings. The SMILES string of the molecule is Cc1cc2nc(-c3c(C)cccc3C)oc2cc1-c1n(-c2c(C(C)C)cccc2C(C)C)c2ccccc2[n+]1C.Cc1cc2nc(-c3c(C)cccc3C)oc2cc1-c1n(-c2ccccc2)c2ccccc2[n+]1C.Cc1cc2nc(-c3c(C)cccc3C)oc2cc1-c1n(C(C)(C)C)c2ccccc2[n+]1C.